The summed E-state index contributed by atoms with van der Waals surface area (Å²) in [6.45, 7) is 8.97. The first-order valence-electron chi connectivity index (χ1n) is 4.88. The summed E-state index contributed by atoms with van der Waals surface area (Å²) in [5.41, 5.74) is 2.95. The van der Waals surface area contributed by atoms with Crippen molar-refractivity contribution in [3.05, 3.63) is 23.4 Å². The first kappa shape index (κ1) is 9.37. The van der Waals surface area contributed by atoms with Crippen molar-refractivity contribution in [1.82, 2.24) is 4.90 Å². The Kier molecular flexibility index (Phi) is 3.39. The van der Waals surface area contributed by atoms with Gasteiger partial charge >= 0.3 is 0 Å². The summed E-state index contributed by atoms with van der Waals surface area (Å²) < 4.78 is 0. The SMILES string of the molecule is CCCN1C=C(C)C=C(CC)C1. The second kappa shape index (κ2) is 4.34. The molecular formula is C11H19N. The molecule has 0 aromatic carbocycles. The van der Waals surface area contributed by atoms with E-state index in [1.807, 2.05) is 0 Å². The molecule has 1 heterocycles. The number of rotatable bonds is 3. The second-order valence-electron chi connectivity index (χ2n) is 3.50. The Bertz CT molecular complexity index is 201. The van der Waals surface area contributed by atoms with Crippen molar-refractivity contribution in [1.29, 1.82) is 0 Å². The Morgan fingerprint density at radius 1 is 1.42 bits per heavy atom. The summed E-state index contributed by atoms with van der Waals surface area (Å²) >= 11 is 0. The molecule has 1 nitrogen and oxygen atoms in total. The van der Waals surface area contributed by atoms with Crippen LogP contribution >= 0.6 is 0 Å². The maximum absolute atomic E-state index is 2.41. The fraction of sp³-hybridized carbons (Fsp3) is 0.636. The van der Waals surface area contributed by atoms with Gasteiger partial charge < -0.3 is 4.90 Å². The Hall–Kier alpha value is -0.720. The molecule has 0 fully saturated rings. The van der Waals surface area contributed by atoms with Gasteiger partial charge in [0.2, 0.25) is 0 Å². The third-order valence-corrected chi connectivity index (χ3v) is 2.19. The Morgan fingerprint density at radius 2 is 2.17 bits per heavy atom. The van der Waals surface area contributed by atoms with Gasteiger partial charge in [-0.1, -0.05) is 25.5 Å². The topological polar surface area (TPSA) is 3.24 Å². The van der Waals surface area contributed by atoms with Crippen LogP contribution in [0.15, 0.2) is 23.4 Å². The second-order valence-corrected chi connectivity index (χ2v) is 3.50. The van der Waals surface area contributed by atoms with E-state index < -0.39 is 0 Å². The summed E-state index contributed by atoms with van der Waals surface area (Å²) in [5, 5.41) is 0. The van der Waals surface area contributed by atoms with E-state index in [2.05, 4.69) is 37.9 Å². The standard InChI is InChI=1S/C11H19N/c1-4-6-12-8-10(3)7-11(5-2)9-12/h7-8H,4-6,9H2,1-3H3. The largest absolute Gasteiger partial charge is 0.373 e. The minimum Gasteiger partial charge on any atom is -0.373 e. The highest BCUT2D eigenvalue weighted by atomic mass is 15.1. The lowest BCUT2D eigenvalue weighted by molar-refractivity contribution is 0.394. The van der Waals surface area contributed by atoms with Crippen molar-refractivity contribution in [3.63, 3.8) is 0 Å². The van der Waals surface area contributed by atoms with E-state index in [4.69, 9.17) is 0 Å². The molecule has 0 N–H and O–H groups in total. The van der Waals surface area contributed by atoms with Crippen molar-refractivity contribution in [2.45, 2.75) is 33.6 Å². The number of hydrogen-bond donors (Lipinski definition) is 0. The third-order valence-electron chi connectivity index (χ3n) is 2.19. The summed E-state index contributed by atoms with van der Waals surface area (Å²) in [7, 11) is 0. The predicted molar refractivity (Wildman–Crippen MR) is 54.0 cm³/mol. The highest BCUT2D eigenvalue weighted by molar-refractivity contribution is 5.26. The zero-order chi connectivity index (χ0) is 8.97. The smallest absolute Gasteiger partial charge is 0.0386 e. The van der Waals surface area contributed by atoms with Crippen LogP contribution in [0.3, 0.4) is 0 Å². The monoisotopic (exact) mass is 165 g/mol. The summed E-state index contributed by atoms with van der Waals surface area (Å²) in [6, 6.07) is 0. The minimum absolute atomic E-state index is 1.14. The van der Waals surface area contributed by atoms with E-state index in [0.29, 0.717) is 0 Å². The van der Waals surface area contributed by atoms with Gasteiger partial charge in [-0.3, -0.25) is 0 Å². The van der Waals surface area contributed by atoms with E-state index in [-0.39, 0.29) is 0 Å². The third kappa shape index (κ3) is 2.40. The molecule has 68 valence electrons. The van der Waals surface area contributed by atoms with Crippen LogP contribution in [0.1, 0.15) is 33.6 Å². The molecule has 0 saturated carbocycles. The summed E-state index contributed by atoms with van der Waals surface area (Å²) in [6.07, 6.45) is 7.00. The zero-order valence-electron chi connectivity index (χ0n) is 8.43. The van der Waals surface area contributed by atoms with Crippen LogP contribution in [0.25, 0.3) is 0 Å². The number of allylic oxidation sites excluding steroid dienone is 2. The van der Waals surface area contributed by atoms with Gasteiger partial charge in [-0.2, -0.15) is 0 Å². The van der Waals surface area contributed by atoms with E-state index >= 15 is 0 Å². The molecule has 1 aliphatic heterocycles. The molecule has 0 amide bonds. The van der Waals surface area contributed by atoms with Crippen LogP contribution in [0.2, 0.25) is 0 Å². The lowest BCUT2D eigenvalue weighted by Crippen LogP contribution is -2.23. The van der Waals surface area contributed by atoms with Crippen molar-refractivity contribution in [3.8, 4) is 0 Å². The number of hydrogen-bond acceptors (Lipinski definition) is 1. The minimum atomic E-state index is 1.14. The molecule has 12 heavy (non-hydrogen) atoms. The Morgan fingerprint density at radius 3 is 2.75 bits per heavy atom. The van der Waals surface area contributed by atoms with Crippen molar-refractivity contribution < 1.29 is 0 Å². The van der Waals surface area contributed by atoms with Gasteiger partial charge in [0, 0.05) is 19.3 Å². The van der Waals surface area contributed by atoms with E-state index in [9.17, 15) is 0 Å². The molecule has 0 unspecified atom stereocenters. The maximum Gasteiger partial charge on any atom is 0.0386 e. The normalized spacial score (nSPS) is 17.4. The lowest BCUT2D eigenvalue weighted by atomic mass is 10.1. The summed E-state index contributed by atoms with van der Waals surface area (Å²) in [4.78, 5) is 2.41. The van der Waals surface area contributed by atoms with Crippen molar-refractivity contribution in [2.24, 2.45) is 0 Å². The Balaban J connectivity index is 2.58. The van der Waals surface area contributed by atoms with Gasteiger partial charge in [0.1, 0.15) is 0 Å². The first-order chi connectivity index (χ1) is 5.76. The fourth-order valence-corrected chi connectivity index (χ4v) is 1.64. The maximum atomic E-state index is 2.41. The Labute approximate surface area is 75.8 Å². The van der Waals surface area contributed by atoms with Gasteiger partial charge in [-0.25, -0.2) is 0 Å². The van der Waals surface area contributed by atoms with Crippen LogP contribution < -0.4 is 0 Å². The highest BCUT2D eigenvalue weighted by Gasteiger charge is 2.06. The van der Waals surface area contributed by atoms with E-state index in [1.165, 1.54) is 25.0 Å². The quantitative estimate of drug-likeness (QED) is 0.621. The molecule has 0 bridgehead atoms. The molecule has 0 aromatic rings. The molecule has 1 rings (SSSR count). The van der Waals surface area contributed by atoms with Crippen molar-refractivity contribution >= 4 is 0 Å². The molecule has 0 aromatic heterocycles. The molecule has 1 aliphatic rings. The molecule has 0 radical (unpaired) electrons. The van der Waals surface area contributed by atoms with Crippen LogP contribution in [0.5, 0.6) is 0 Å². The van der Waals surface area contributed by atoms with Gasteiger partial charge in [0.25, 0.3) is 0 Å². The highest BCUT2D eigenvalue weighted by Crippen LogP contribution is 2.15. The van der Waals surface area contributed by atoms with Crippen LogP contribution in [0, 0.1) is 0 Å². The van der Waals surface area contributed by atoms with E-state index in [0.717, 1.165) is 6.54 Å². The average molecular weight is 165 g/mol. The summed E-state index contributed by atoms with van der Waals surface area (Å²) in [5.74, 6) is 0. The molecule has 0 atom stereocenters. The predicted octanol–water partition coefficient (Wildman–Crippen LogP) is 2.95. The lowest BCUT2D eigenvalue weighted by Gasteiger charge is -2.25. The zero-order valence-corrected chi connectivity index (χ0v) is 8.43. The molecule has 0 aliphatic carbocycles. The van der Waals surface area contributed by atoms with Crippen molar-refractivity contribution in [2.75, 3.05) is 13.1 Å². The van der Waals surface area contributed by atoms with Crippen LogP contribution in [-0.2, 0) is 0 Å². The van der Waals surface area contributed by atoms with E-state index in [1.54, 1.807) is 5.57 Å². The molecule has 0 spiro atoms. The average Bonchev–Trinajstić information content (AvgIpc) is 2.04. The van der Waals surface area contributed by atoms with Crippen LogP contribution in [-0.4, -0.2) is 18.0 Å². The molecular weight excluding hydrogens is 146 g/mol. The molecule has 1 heteroatoms. The van der Waals surface area contributed by atoms with Gasteiger partial charge in [-0.15, -0.1) is 0 Å². The number of nitrogens with zero attached hydrogens (tertiary/aromatic N) is 1. The first-order valence-corrected chi connectivity index (χ1v) is 4.88. The van der Waals surface area contributed by atoms with Gasteiger partial charge in [0.15, 0.2) is 0 Å². The fourth-order valence-electron chi connectivity index (χ4n) is 1.64. The van der Waals surface area contributed by atoms with Crippen LogP contribution in [0.4, 0.5) is 0 Å². The van der Waals surface area contributed by atoms with Gasteiger partial charge in [0.05, 0.1) is 0 Å². The van der Waals surface area contributed by atoms with Gasteiger partial charge in [-0.05, 0) is 25.3 Å². The molecule has 0 saturated heterocycles.